The summed E-state index contributed by atoms with van der Waals surface area (Å²) >= 11 is 3.30. The van der Waals surface area contributed by atoms with Crippen LogP contribution in [-0.2, 0) is 0 Å². The minimum atomic E-state index is 0.0188. The van der Waals surface area contributed by atoms with Crippen LogP contribution in [-0.4, -0.2) is 42.0 Å². The Kier molecular flexibility index (Phi) is 3.56. The number of pyridine rings is 1. The van der Waals surface area contributed by atoms with E-state index >= 15 is 0 Å². The summed E-state index contributed by atoms with van der Waals surface area (Å²) in [7, 11) is 1.93. The van der Waals surface area contributed by atoms with Crippen molar-refractivity contribution in [2.75, 3.05) is 20.1 Å². The van der Waals surface area contributed by atoms with E-state index in [9.17, 15) is 4.79 Å². The second kappa shape index (κ2) is 4.93. The van der Waals surface area contributed by atoms with Crippen LogP contribution in [0.4, 0.5) is 0 Å². The highest BCUT2D eigenvalue weighted by Crippen LogP contribution is 2.14. The van der Waals surface area contributed by atoms with Crippen LogP contribution in [0.5, 0.6) is 0 Å². The molecule has 0 bridgehead atoms. The number of nitrogens with zero attached hydrogens (tertiary/aromatic N) is 2. The maximum atomic E-state index is 12.0. The van der Waals surface area contributed by atoms with Gasteiger partial charge in [0, 0.05) is 29.8 Å². The average molecular weight is 284 g/mol. The molecule has 16 heavy (non-hydrogen) atoms. The summed E-state index contributed by atoms with van der Waals surface area (Å²) in [6.45, 7) is 1.58. The van der Waals surface area contributed by atoms with E-state index in [4.69, 9.17) is 0 Å². The van der Waals surface area contributed by atoms with Gasteiger partial charge >= 0.3 is 0 Å². The molecule has 2 heterocycles. The predicted molar refractivity (Wildman–Crippen MR) is 65.3 cm³/mol. The molecular formula is C11H14BrN3O. The van der Waals surface area contributed by atoms with Gasteiger partial charge in [-0.2, -0.15) is 0 Å². The van der Waals surface area contributed by atoms with E-state index in [0.29, 0.717) is 11.7 Å². The Balaban J connectivity index is 2.05. The van der Waals surface area contributed by atoms with Crippen LogP contribution in [0.3, 0.4) is 0 Å². The van der Waals surface area contributed by atoms with Gasteiger partial charge in [-0.15, -0.1) is 0 Å². The number of rotatable bonds is 2. The molecule has 2 rings (SSSR count). The number of nitrogens with one attached hydrogen (secondary N) is 1. The van der Waals surface area contributed by atoms with Gasteiger partial charge in [0.05, 0.1) is 0 Å². The summed E-state index contributed by atoms with van der Waals surface area (Å²) in [5.41, 5.74) is 0.514. The highest BCUT2D eigenvalue weighted by atomic mass is 79.9. The lowest BCUT2D eigenvalue weighted by molar-refractivity contribution is 0.0784. The Morgan fingerprint density at radius 1 is 1.62 bits per heavy atom. The molecule has 1 fully saturated rings. The average Bonchev–Trinajstić information content (AvgIpc) is 2.77. The third-order valence-corrected chi connectivity index (χ3v) is 3.30. The van der Waals surface area contributed by atoms with Gasteiger partial charge in [0.25, 0.3) is 5.91 Å². The van der Waals surface area contributed by atoms with Gasteiger partial charge in [-0.1, -0.05) is 0 Å². The topological polar surface area (TPSA) is 45.2 Å². The van der Waals surface area contributed by atoms with Gasteiger partial charge in [0.1, 0.15) is 5.69 Å². The molecule has 1 atom stereocenters. The summed E-state index contributed by atoms with van der Waals surface area (Å²) in [5, 5.41) is 3.19. The van der Waals surface area contributed by atoms with Crippen molar-refractivity contribution in [1.82, 2.24) is 15.2 Å². The number of halogens is 1. The second-order valence-corrected chi connectivity index (χ2v) is 4.80. The van der Waals surface area contributed by atoms with Gasteiger partial charge in [-0.25, -0.2) is 4.98 Å². The molecule has 1 aliphatic rings. The van der Waals surface area contributed by atoms with Crippen molar-refractivity contribution in [2.45, 2.75) is 12.5 Å². The highest BCUT2D eigenvalue weighted by molar-refractivity contribution is 9.10. The van der Waals surface area contributed by atoms with E-state index in [1.54, 1.807) is 12.3 Å². The standard InChI is InChI=1S/C11H14BrN3O/c1-13-9-4-5-15(7-9)11(16)10-3-2-8(12)6-14-10/h2-3,6,9,13H,4-5,7H2,1H3. The van der Waals surface area contributed by atoms with Crippen molar-refractivity contribution in [3.63, 3.8) is 0 Å². The first-order valence-corrected chi connectivity index (χ1v) is 6.08. The first-order chi connectivity index (χ1) is 7.70. The Bertz CT molecular complexity index is 379. The van der Waals surface area contributed by atoms with Gasteiger partial charge in [0.15, 0.2) is 0 Å². The number of hydrogen-bond donors (Lipinski definition) is 1. The van der Waals surface area contributed by atoms with E-state index < -0.39 is 0 Å². The molecule has 5 heteroatoms. The largest absolute Gasteiger partial charge is 0.336 e. The van der Waals surface area contributed by atoms with Crippen LogP contribution in [0, 0.1) is 0 Å². The molecule has 1 N–H and O–H groups in total. The van der Waals surface area contributed by atoms with Crippen LogP contribution >= 0.6 is 15.9 Å². The quantitative estimate of drug-likeness (QED) is 0.889. The lowest BCUT2D eigenvalue weighted by atomic mass is 10.3. The van der Waals surface area contributed by atoms with Gasteiger partial charge < -0.3 is 10.2 Å². The molecule has 0 radical (unpaired) electrons. The van der Waals surface area contributed by atoms with Crippen molar-refractivity contribution in [2.24, 2.45) is 0 Å². The van der Waals surface area contributed by atoms with Gasteiger partial charge in [-0.05, 0) is 41.5 Å². The van der Waals surface area contributed by atoms with Crippen molar-refractivity contribution in [3.8, 4) is 0 Å². The zero-order valence-corrected chi connectivity index (χ0v) is 10.7. The maximum absolute atomic E-state index is 12.0. The molecule has 1 aromatic heterocycles. The molecule has 4 nitrogen and oxygen atoms in total. The molecule has 0 saturated carbocycles. The Morgan fingerprint density at radius 2 is 2.44 bits per heavy atom. The molecule has 1 aliphatic heterocycles. The minimum Gasteiger partial charge on any atom is -0.336 e. The van der Waals surface area contributed by atoms with E-state index in [2.05, 4.69) is 26.2 Å². The summed E-state index contributed by atoms with van der Waals surface area (Å²) in [4.78, 5) is 18.0. The van der Waals surface area contributed by atoms with Crippen molar-refractivity contribution < 1.29 is 4.79 Å². The van der Waals surface area contributed by atoms with Crippen LogP contribution in [0.2, 0.25) is 0 Å². The fourth-order valence-electron chi connectivity index (χ4n) is 1.84. The van der Waals surface area contributed by atoms with Gasteiger partial charge in [0.2, 0.25) is 0 Å². The lowest BCUT2D eigenvalue weighted by Gasteiger charge is -2.15. The summed E-state index contributed by atoms with van der Waals surface area (Å²) < 4.78 is 0.888. The lowest BCUT2D eigenvalue weighted by Crippen LogP contribution is -2.33. The van der Waals surface area contributed by atoms with Crippen molar-refractivity contribution in [1.29, 1.82) is 0 Å². The van der Waals surface area contributed by atoms with E-state index in [-0.39, 0.29) is 5.91 Å². The van der Waals surface area contributed by atoms with E-state index in [1.807, 2.05) is 18.0 Å². The Labute approximate surface area is 103 Å². The minimum absolute atomic E-state index is 0.0188. The third kappa shape index (κ3) is 2.41. The van der Waals surface area contributed by atoms with Crippen LogP contribution in [0.15, 0.2) is 22.8 Å². The second-order valence-electron chi connectivity index (χ2n) is 3.89. The summed E-state index contributed by atoms with van der Waals surface area (Å²) in [5.74, 6) is 0.0188. The molecule has 1 saturated heterocycles. The SMILES string of the molecule is CNC1CCN(C(=O)c2ccc(Br)cn2)C1. The monoisotopic (exact) mass is 283 g/mol. The molecule has 1 amide bonds. The van der Waals surface area contributed by atoms with Crippen LogP contribution in [0.1, 0.15) is 16.9 Å². The highest BCUT2D eigenvalue weighted by Gasteiger charge is 2.26. The Morgan fingerprint density at radius 3 is 3.00 bits per heavy atom. The fourth-order valence-corrected chi connectivity index (χ4v) is 2.08. The van der Waals surface area contributed by atoms with Crippen molar-refractivity contribution >= 4 is 21.8 Å². The maximum Gasteiger partial charge on any atom is 0.272 e. The van der Waals surface area contributed by atoms with Crippen LogP contribution in [0.25, 0.3) is 0 Å². The summed E-state index contributed by atoms with van der Waals surface area (Å²) in [6, 6.07) is 4.00. The number of aromatic nitrogens is 1. The number of likely N-dealkylation sites (tertiary alicyclic amines) is 1. The first-order valence-electron chi connectivity index (χ1n) is 5.29. The number of carbonyl (C=O) groups is 1. The molecule has 0 aliphatic carbocycles. The normalized spacial score (nSPS) is 20.1. The van der Waals surface area contributed by atoms with Crippen LogP contribution < -0.4 is 5.32 Å². The summed E-state index contributed by atoms with van der Waals surface area (Å²) in [6.07, 6.45) is 2.66. The van der Waals surface area contributed by atoms with Gasteiger partial charge in [-0.3, -0.25) is 4.79 Å². The van der Waals surface area contributed by atoms with Crippen molar-refractivity contribution in [3.05, 3.63) is 28.5 Å². The van der Waals surface area contributed by atoms with E-state index in [0.717, 1.165) is 24.0 Å². The number of likely N-dealkylation sites (N-methyl/N-ethyl adjacent to an activating group) is 1. The van der Waals surface area contributed by atoms with E-state index in [1.165, 1.54) is 0 Å². The zero-order valence-electron chi connectivity index (χ0n) is 9.11. The molecular weight excluding hydrogens is 270 g/mol. The zero-order chi connectivity index (χ0) is 11.5. The predicted octanol–water partition coefficient (Wildman–Crippen LogP) is 1.28. The molecule has 1 unspecified atom stereocenters. The smallest absolute Gasteiger partial charge is 0.272 e. The molecule has 86 valence electrons. The number of carbonyl (C=O) groups excluding carboxylic acids is 1. The third-order valence-electron chi connectivity index (χ3n) is 2.83. The fraction of sp³-hybridized carbons (Fsp3) is 0.455. The molecule has 1 aromatic rings. The Hall–Kier alpha value is -0.940. The number of hydrogen-bond acceptors (Lipinski definition) is 3. The molecule has 0 aromatic carbocycles. The molecule has 0 spiro atoms. The first kappa shape index (κ1) is 11.5. The number of amides is 1.